The van der Waals surface area contributed by atoms with E-state index in [0.29, 0.717) is 6.61 Å². The molecule has 1 aromatic carbocycles. The highest BCUT2D eigenvalue weighted by atomic mass is 16.5. The van der Waals surface area contributed by atoms with Gasteiger partial charge in [-0.1, -0.05) is 0 Å². The van der Waals surface area contributed by atoms with E-state index in [4.69, 9.17) is 9.84 Å². The van der Waals surface area contributed by atoms with Gasteiger partial charge in [0.15, 0.2) is 0 Å². The zero-order chi connectivity index (χ0) is 12.3. The van der Waals surface area contributed by atoms with Crippen LogP contribution in [0.4, 0.5) is 0 Å². The summed E-state index contributed by atoms with van der Waals surface area (Å²) < 4.78 is 5.50. The number of aromatic carboxylic acids is 1. The first-order valence-corrected chi connectivity index (χ1v) is 5.34. The smallest absolute Gasteiger partial charge is 0.352 e. The van der Waals surface area contributed by atoms with Crippen molar-refractivity contribution in [2.45, 2.75) is 0 Å². The van der Waals surface area contributed by atoms with Gasteiger partial charge in [-0.2, -0.15) is 0 Å². The first-order valence-electron chi connectivity index (χ1n) is 5.34. The van der Waals surface area contributed by atoms with Gasteiger partial charge in [0, 0.05) is 17.4 Å². The number of carboxylic acid groups (broad SMARTS) is 1. The fraction of sp³-hybridized carbons (Fsp3) is 0.250. The van der Waals surface area contributed by atoms with E-state index >= 15 is 0 Å². The predicted octanol–water partition coefficient (Wildman–Crippen LogP) is 1.46. The number of carboxylic acids is 1. The molecule has 0 unspecified atom stereocenters. The van der Waals surface area contributed by atoms with Crippen molar-refractivity contribution in [2.75, 3.05) is 20.2 Å². The SMILES string of the molecule is CNCCOc1ccc2[nH]c(C(=O)O)cc2c1. The molecule has 0 bridgehead atoms. The maximum absolute atomic E-state index is 10.8. The minimum atomic E-state index is -0.959. The minimum Gasteiger partial charge on any atom is -0.492 e. The number of fused-ring (bicyclic) bond motifs is 1. The zero-order valence-electron chi connectivity index (χ0n) is 9.49. The Bertz CT molecular complexity index is 534. The van der Waals surface area contributed by atoms with Crippen LogP contribution in [-0.2, 0) is 0 Å². The molecule has 5 heteroatoms. The molecule has 0 atom stereocenters. The van der Waals surface area contributed by atoms with Crippen molar-refractivity contribution in [2.24, 2.45) is 0 Å². The summed E-state index contributed by atoms with van der Waals surface area (Å²) in [5, 5.41) is 12.7. The molecule has 0 saturated heterocycles. The van der Waals surface area contributed by atoms with E-state index in [1.54, 1.807) is 6.07 Å². The summed E-state index contributed by atoms with van der Waals surface area (Å²) in [5.41, 5.74) is 0.982. The van der Waals surface area contributed by atoms with Crippen molar-refractivity contribution in [3.63, 3.8) is 0 Å². The lowest BCUT2D eigenvalue weighted by atomic mass is 10.2. The summed E-state index contributed by atoms with van der Waals surface area (Å²) in [5.74, 6) is -0.220. The first-order chi connectivity index (χ1) is 8.20. The molecule has 0 aliphatic heterocycles. The van der Waals surface area contributed by atoms with Gasteiger partial charge in [-0.25, -0.2) is 4.79 Å². The molecule has 5 nitrogen and oxygen atoms in total. The van der Waals surface area contributed by atoms with Crippen molar-refractivity contribution in [1.29, 1.82) is 0 Å². The second-order valence-corrected chi connectivity index (χ2v) is 3.69. The van der Waals surface area contributed by atoms with Crippen molar-refractivity contribution in [1.82, 2.24) is 10.3 Å². The van der Waals surface area contributed by atoms with Crippen LogP contribution in [0.1, 0.15) is 10.5 Å². The molecule has 3 N–H and O–H groups in total. The maximum atomic E-state index is 10.8. The van der Waals surface area contributed by atoms with E-state index in [1.807, 2.05) is 25.2 Å². The Hall–Kier alpha value is -2.01. The molecular formula is C12H14N2O3. The van der Waals surface area contributed by atoms with Gasteiger partial charge in [0.2, 0.25) is 0 Å². The van der Waals surface area contributed by atoms with Gasteiger partial charge in [0.1, 0.15) is 18.1 Å². The van der Waals surface area contributed by atoms with Crippen LogP contribution < -0.4 is 10.1 Å². The van der Waals surface area contributed by atoms with Crippen LogP contribution in [0.25, 0.3) is 10.9 Å². The molecule has 0 spiro atoms. The fourth-order valence-corrected chi connectivity index (χ4v) is 1.59. The van der Waals surface area contributed by atoms with Gasteiger partial charge < -0.3 is 20.1 Å². The molecule has 17 heavy (non-hydrogen) atoms. The summed E-state index contributed by atoms with van der Waals surface area (Å²) in [4.78, 5) is 13.6. The van der Waals surface area contributed by atoms with E-state index < -0.39 is 5.97 Å². The van der Waals surface area contributed by atoms with Gasteiger partial charge in [-0.15, -0.1) is 0 Å². The average Bonchev–Trinajstić information content (AvgIpc) is 2.72. The van der Waals surface area contributed by atoms with Gasteiger partial charge in [0.25, 0.3) is 0 Å². The monoisotopic (exact) mass is 234 g/mol. The third-order valence-corrected chi connectivity index (χ3v) is 2.44. The van der Waals surface area contributed by atoms with E-state index in [1.165, 1.54) is 0 Å². The minimum absolute atomic E-state index is 0.187. The van der Waals surface area contributed by atoms with Crippen LogP contribution in [0.3, 0.4) is 0 Å². The number of rotatable bonds is 5. The number of aromatic nitrogens is 1. The molecule has 0 aliphatic rings. The third kappa shape index (κ3) is 2.57. The lowest BCUT2D eigenvalue weighted by molar-refractivity contribution is 0.0691. The highest BCUT2D eigenvalue weighted by Gasteiger charge is 2.07. The summed E-state index contributed by atoms with van der Waals surface area (Å²) in [7, 11) is 1.86. The average molecular weight is 234 g/mol. The number of likely N-dealkylation sites (N-methyl/N-ethyl adjacent to an activating group) is 1. The van der Waals surface area contributed by atoms with Crippen LogP contribution in [0.15, 0.2) is 24.3 Å². The molecule has 0 aliphatic carbocycles. The van der Waals surface area contributed by atoms with Gasteiger partial charge in [-0.05, 0) is 31.3 Å². The quantitative estimate of drug-likeness (QED) is 0.685. The Morgan fingerprint density at radius 1 is 1.47 bits per heavy atom. The molecule has 0 radical (unpaired) electrons. The van der Waals surface area contributed by atoms with Crippen LogP contribution in [0, 0.1) is 0 Å². The lowest BCUT2D eigenvalue weighted by Crippen LogP contribution is -2.15. The summed E-state index contributed by atoms with van der Waals surface area (Å²) in [6, 6.07) is 7.06. The Labute approximate surface area is 98.4 Å². The molecule has 90 valence electrons. The maximum Gasteiger partial charge on any atom is 0.352 e. The van der Waals surface area contributed by atoms with Crippen molar-refractivity contribution >= 4 is 16.9 Å². The van der Waals surface area contributed by atoms with Crippen LogP contribution in [0.2, 0.25) is 0 Å². The molecule has 0 amide bonds. The standard InChI is InChI=1S/C12H14N2O3/c1-13-4-5-17-9-2-3-10-8(6-9)7-11(14-10)12(15)16/h2-3,6-7,13-14H,4-5H2,1H3,(H,15,16). The Balaban J connectivity index is 2.21. The molecule has 2 aromatic rings. The molecule has 0 saturated carbocycles. The number of hydrogen-bond donors (Lipinski definition) is 3. The number of carbonyl (C=O) groups is 1. The summed E-state index contributed by atoms with van der Waals surface area (Å²) in [6.45, 7) is 1.35. The van der Waals surface area contributed by atoms with E-state index in [-0.39, 0.29) is 5.69 Å². The molecule has 2 rings (SSSR count). The topological polar surface area (TPSA) is 74.3 Å². The van der Waals surface area contributed by atoms with E-state index in [9.17, 15) is 4.79 Å². The van der Waals surface area contributed by atoms with Crippen LogP contribution in [0.5, 0.6) is 5.75 Å². The second-order valence-electron chi connectivity index (χ2n) is 3.69. The lowest BCUT2D eigenvalue weighted by Gasteiger charge is -2.05. The van der Waals surface area contributed by atoms with Crippen molar-refractivity contribution in [3.05, 3.63) is 30.0 Å². The van der Waals surface area contributed by atoms with Crippen molar-refractivity contribution < 1.29 is 14.6 Å². The largest absolute Gasteiger partial charge is 0.492 e. The summed E-state index contributed by atoms with van der Waals surface area (Å²) in [6.07, 6.45) is 0. The van der Waals surface area contributed by atoms with Crippen LogP contribution in [-0.4, -0.2) is 36.3 Å². The number of aromatic amines is 1. The third-order valence-electron chi connectivity index (χ3n) is 2.44. The van der Waals surface area contributed by atoms with E-state index in [2.05, 4.69) is 10.3 Å². The number of ether oxygens (including phenoxy) is 1. The first kappa shape index (κ1) is 11.5. The Morgan fingerprint density at radius 3 is 3.00 bits per heavy atom. The molecular weight excluding hydrogens is 220 g/mol. The summed E-state index contributed by atoms with van der Waals surface area (Å²) >= 11 is 0. The normalized spacial score (nSPS) is 10.6. The predicted molar refractivity (Wildman–Crippen MR) is 64.7 cm³/mol. The molecule has 0 fully saturated rings. The second kappa shape index (κ2) is 4.88. The number of benzene rings is 1. The highest BCUT2D eigenvalue weighted by molar-refractivity contribution is 5.94. The number of nitrogens with one attached hydrogen (secondary N) is 2. The van der Waals surface area contributed by atoms with Crippen molar-refractivity contribution in [3.8, 4) is 5.75 Å². The number of H-pyrrole nitrogens is 1. The highest BCUT2D eigenvalue weighted by Crippen LogP contribution is 2.21. The van der Waals surface area contributed by atoms with Gasteiger partial charge in [-0.3, -0.25) is 0 Å². The Kier molecular flexibility index (Phi) is 3.30. The van der Waals surface area contributed by atoms with Gasteiger partial charge >= 0.3 is 5.97 Å². The van der Waals surface area contributed by atoms with E-state index in [0.717, 1.165) is 23.2 Å². The fourth-order valence-electron chi connectivity index (χ4n) is 1.59. The van der Waals surface area contributed by atoms with Gasteiger partial charge in [0.05, 0.1) is 0 Å². The Morgan fingerprint density at radius 2 is 2.29 bits per heavy atom. The zero-order valence-corrected chi connectivity index (χ0v) is 9.49. The number of hydrogen-bond acceptors (Lipinski definition) is 3. The molecule has 1 aromatic heterocycles. The van der Waals surface area contributed by atoms with Crippen LogP contribution >= 0.6 is 0 Å². The molecule has 1 heterocycles.